The summed E-state index contributed by atoms with van der Waals surface area (Å²) in [5, 5.41) is 2.88. The molecule has 4 nitrogen and oxygen atoms in total. The van der Waals surface area contributed by atoms with Gasteiger partial charge in [0.15, 0.2) is 18.1 Å². The first kappa shape index (κ1) is 14.4. The van der Waals surface area contributed by atoms with Crippen LogP contribution in [-0.2, 0) is 4.79 Å². The SMILES string of the molecule is CCCC(C)NC(=O)COc1ccccc1OC. The lowest BCUT2D eigenvalue weighted by Gasteiger charge is -2.14. The summed E-state index contributed by atoms with van der Waals surface area (Å²) in [6.45, 7) is 4.09. The fourth-order valence-electron chi connectivity index (χ4n) is 1.70. The van der Waals surface area contributed by atoms with Gasteiger partial charge in [0.25, 0.3) is 5.91 Å². The lowest BCUT2D eigenvalue weighted by atomic mass is 10.2. The van der Waals surface area contributed by atoms with Gasteiger partial charge in [-0.1, -0.05) is 25.5 Å². The van der Waals surface area contributed by atoms with Gasteiger partial charge in [0.05, 0.1) is 7.11 Å². The second-order valence-corrected chi connectivity index (χ2v) is 4.20. The van der Waals surface area contributed by atoms with Crippen molar-refractivity contribution in [1.82, 2.24) is 5.32 Å². The van der Waals surface area contributed by atoms with Crippen LogP contribution in [0.1, 0.15) is 26.7 Å². The van der Waals surface area contributed by atoms with Crippen LogP contribution in [0.25, 0.3) is 0 Å². The quantitative estimate of drug-likeness (QED) is 0.809. The summed E-state index contributed by atoms with van der Waals surface area (Å²) in [6, 6.07) is 7.46. The van der Waals surface area contributed by atoms with Gasteiger partial charge in [0, 0.05) is 6.04 Å². The minimum absolute atomic E-state index is 0.00836. The third kappa shape index (κ3) is 4.65. The van der Waals surface area contributed by atoms with E-state index in [1.165, 1.54) is 0 Å². The number of benzene rings is 1. The highest BCUT2D eigenvalue weighted by Crippen LogP contribution is 2.25. The summed E-state index contributed by atoms with van der Waals surface area (Å²) < 4.78 is 10.6. The number of hydrogen-bond donors (Lipinski definition) is 1. The molecule has 0 aliphatic heterocycles. The van der Waals surface area contributed by atoms with E-state index >= 15 is 0 Å². The van der Waals surface area contributed by atoms with Crippen LogP contribution in [0, 0.1) is 0 Å². The summed E-state index contributed by atoms with van der Waals surface area (Å²) in [7, 11) is 1.57. The Morgan fingerprint density at radius 2 is 2.00 bits per heavy atom. The van der Waals surface area contributed by atoms with E-state index in [-0.39, 0.29) is 18.6 Å². The number of methoxy groups -OCH3 is 1. The molecule has 1 rings (SSSR count). The van der Waals surface area contributed by atoms with Gasteiger partial charge in [-0.05, 0) is 25.5 Å². The first-order valence-corrected chi connectivity index (χ1v) is 6.22. The molecule has 0 bridgehead atoms. The Morgan fingerprint density at radius 3 is 2.61 bits per heavy atom. The van der Waals surface area contributed by atoms with E-state index in [2.05, 4.69) is 12.2 Å². The molecule has 4 heteroatoms. The molecule has 1 aromatic carbocycles. The zero-order valence-corrected chi connectivity index (χ0v) is 11.2. The molecule has 0 aliphatic rings. The Kier molecular flexibility index (Phi) is 6.05. The molecule has 18 heavy (non-hydrogen) atoms. The van der Waals surface area contributed by atoms with E-state index in [1.807, 2.05) is 19.1 Å². The summed E-state index contributed by atoms with van der Waals surface area (Å²) in [6.07, 6.45) is 2.02. The number of hydrogen-bond acceptors (Lipinski definition) is 3. The van der Waals surface area contributed by atoms with Crippen LogP contribution in [0.2, 0.25) is 0 Å². The Hall–Kier alpha value is -1.71. The third-order valence-corrected chi connectivity index (χ3v) is 2.56. The van der Waals surface area contributed by atoms with E-state index in [0.717, 1.165) is 12.8 Å². The van der Waals surface area contributed by atoms with Crippen LogP contribution in [0.3, 0.4) is 0 Å². The Balaban J connectivity index is 2.42. The highest BCUT2D eigenvalue weighted by atomic mass is 16.5. The fourth-order valence-corrected chi connectivity index (χ4v) is 1.70. The largest absolute Gasteiger partial charge is 0.493 e. The maximum absolute atomic E-state index is 11.6. The molecular formula is C14H21NO3. The predicted molar refractivity (Wildman–Crippen MR) is 71.0 cm³/mol. The number of ether oxygens (including phenoxy) is 2. The maximum Gasteiger partial charge on any atom is 0.258 e. The standard InChI is InChI=1S/C14H21NO3/c1-4-7-11(2)15-14(16)10-18-13-9-6-5-8-12(13)17-3/h5-6,8-9,11H,4,7,10H2,1-3H3,(H,15,16). The Bertz CT molecular complexity index is 379. The van der Waals surface area contributed by atoms with Gasteiger partial charge in [-0.25, -0.2) is 0 Å². The van der Waals surface area contributed by atoms with E-state index in [1.54, 1.807) is 19.2 Å². The molecule has 0 fully saturated rings. The van der Waals surface area contributed by atoms with Gasteiger partial charge in [-0.15, -0.1) is 0 Å². The van der Waals surface area contributed by atoms with Crippen molar-refractivity contribution in [2.24, 2.45) is 0 Å². The van der Waals surface area contributed by atoms with Crippen molar-refractivity contribution in [1.29, 1.82) is 0 Å². The summed E-state index contributed by atoms with van der Waals surface area (Å²) >= 11 is 0. The molecule has 0 radical (unpaired) electrons. The van der Waals surface area contributed by atoms with Crippen LogP contribution in [-0.4, -0.2) is 25.7 Å². The number of para-hydroxylation sites is 2. The highest BCUT2D eigenvalue weighted by molar-refractivity contribution is 5.77. The topological polar surface area (TPSA) is 47.6 Å². The van der Waals surface area contributed by atoms with E-state index in [9.17, 15) is 4.79 Å². The average Bonchev–Trinajstić information content (AvgIpc) is 2.37. The normalized spacial score (nSPS) is 11.7. The number of carbonyl (C=O) groups excluding carboxylic acids is 1. The van der Waals surface area contributed by atoms with E-state index < -0.39 is 0 Å². The number of amides is 1. The van der Waals surface area contributed by atoms with Crippen molar-refractivity contribution >= 4 is 5.91 Å². The second-order valence-electron chi connectivity index (χ2n) is 4.20. The number of rotatable bonds is 7. The van der Waals surface area contributed by atoms with Crippen LogP contribution < -0.4 is 14.8 Å². The lowest BCUT2D eigenvalue weighted by Crippen LogP contribution is -2.35. The van der Waals surface area contributed by atoms with E-state index in [4.69, 9.17) is 9.47 Å². The predicted octanol–water partition coefficient (Wildman–Crippen LogP) is 2.38. The zero-order valence-electron chi connectivity index (χ0n) is 11.2. The van der Waals surface area contributed by atoms with Crippen LogP contribution in [0.15, 0.2) is 24.3 Å². The van der Waals surface area contributed by atoms with Crippen molar-refractivity contribution in [2.75, 3.05) is 13.7 Å². The third-order valence-electron chi connectivity index (χ3n) is 2.56. The van der Waals surface area contributed by atoms with Crippen molar-refractivity contribution in [3.05, 3.63) is 24.3 Å². The highest BCUT2D eigenvalue weighted by Gasteiger charge is 2.09. The molecule has 1 N–H and O–H groups in total. The molecule has 1 amide bonds. The first-order valence-electron chi connectivity index (χ1n) is 6.22. The molecule has 0 aromatic heterocycles. The second kappa shape index (κ2) is 7.58. The molecular weight excluding hydrogens is 230 g/mol. The van der Waals surface area contributed by atoms with Gasteiger partial charge < -0.3 is 14.8 Å². The molecule has 1 atom stereocenters. The number of nitrogens with one attached hydrogen (secondary N) is 1. The molecule has 0 aliphatic carbocycles. The van der Waals surface area contributed by atoms with Crippen LogP contribution >= 0.6 is 0 Å². The summed E-state index contributed by atoms with van der Waals surface area (Å²) in [5.41, 5.74) is 0. The minimum atomic E-state index is -0.109. The van der Waals surface area contributed by atoms with Crippen molar-refractivity contribution < 1.29 is 14.3 Å². The smallest absolute Gasteiger partial charge is 0.258 e. The molecule has 100 valence electrons. The average molecular weight is 251 g/mol. The Labute approximate surface area is 108 Å². The lowest BCUT2D eigenvalue weighted by molar-refractivity contribution is -0.123. The molecule has 0 heterocycles. The van der Waals surface area contributed by atoms with E-state index in [0.29, 0.717) is 11.5 Å². The first-order chi connectivity index (χ1) is 8.67. The molecule has 0 saturated carbocycles. The van der Waals surface area contributed by atoms with Gasteiger partial charge in [-0.2, -0.15) is 0 Å². The van der Waals surface area contributed by atoms with Gasteiger partial charge >= 0.3 is 0 Å². The fraction of sp³-hybridized carbons (Fsp3) is 0.500. The van der Waals surface area contributed by atoms with Gasteiger partial charge in [0.2, 0.25) is 0 Å². The molecule has 0 saturated heterocycles. The zero-order chi connectivity index (χ0) is 13.4. The summed E-state index contributed by atoms with van der Waals surface area (Å²) in [4.78, 5) is 11.6. The minimum Gasteiger partial charge on any atom is -0.493 e. The summed E-state index contributed by atoms with van der Waals surface area (Å²) in [5.74, 6) is 1.10. The monoisotopic (exact) mass is 251 g/mol. The van der Waals surface area contributed by atoms with Crippen LogP contribution in [0.4, 0.5) is 0 Å². The van der Waals surface area contributed by atoms with Crippen molar-refractivity contribution in [2.45, 2.75) is 32.7 Å². The van der Waals surface area contributed by atoms with Gasteiger partial charge in [0.1, 0.15) is 0 Å². The van der Waals surface area contributed by atoms with Crippen LogP contribution in [0.5, 0.6) is 11.5 Å². The van der Waals surface area contributed by atoms with Crippen molar-refractivity contribution in [3.8, 4) is 11.5 Å². The molecule has 1 aromatic rings. The maximum atomic E-state index is 11.6. The van der Waals surface area contributed by atoms with Crippen molar-refractivity contribution in [3.63, 3.8) is 0 Å². The van der Waals surface area contributed by atoms with Gasteiger partial charge in [-0.3, -0.25) is 4.79 Å². The molecule has 0 spiro atoms. The number of carbonyl (C=O) groups is 1. The molecule has 1 unspecified atom stereocenters. The Morgan fingerprint density at radius 1 is 1.33 bits per heavy atom.